The highest BCUT2D eigenvalue weighted by molar-refractivity contribution is 8.26. The average Bonchev–Trinajstić information content (AvgIpc) is 3.09. The number of rotatable bonds is 5. The summed E-state index contributed by atoms with van der Waals surface area (Å²) in [6.45, 7) is 9.80. The van der Waals surface area contributed by atoms with Crippen molar-refractivity contribution in [2.75, 3.05) is 44.2 Å². The Hall–Kier alpha value is -3.18. The maximum absolute atomic E-state index is 13.6. The van der Waals surface area contributed by atoms with Crippen molar-refractivity contribution in [3.05, 3.63) is 57.4 Å². The Morgan fingerprint density at radius 3 is 2.68 bits per heavy atom. The zero-order valence-corrected chi connectivity index (χ0v) is 20.7. The van der Waals surface area contributed by atoms with E-state index in [1.807, 2.05) is 17.9 Å². The van der Waals surface area contributed by atoms with Gasteiger partial charge in [-0.1, -0.05) is 36.1 Å². The number of aromatic nitrogens is 2. The van der Waals surface area contributed by atoms with Crippen LogP contribution in [0.1, 0.15) is 18.1 Å². The molecule has 4 rings (SSSR count). The van der Waals surface area contributed by atoms with E-state index < -0.39 is 0 Å². The van der Waals surface area contributed by atoms with Gasteiger partial charge in [-0.15, -0.1) is 6.58 Å². The van der Waals surface area contributed by atoms with Gasteiger partial charge in [0.15, 0.2) is 0 Å². The van der Waals surface area contributed by atoms with E-state index in [4.69, 9.17) is 21.9 Å². The number of aryl methyl sites for hydroxylation is 1. The molecule has 34 heavy (non-hydrogen) atoms. The first-order chi connectivity index (χ1) is 16.3. The number of anilines is 1. The first kappa shape index (κ1) is 24.0. The van der Waals surface area contributed by atoms with Crippen molar-refractivity contribution in [3.63, 3.8) is 0 Å². The average molecular weight is 500 g/mol. The Balaban J connectivity index is 1.76. The molecule has 0 atom stereocenters. The van der Waals surface area contributed by atoms with Gasteiger partial charge in [0.2, 0.25) is 0 Å². The summed E-state index contributed by atoms with van der Waals surface area (Å²) in [5.74, 6) is 0.216. The molecule has 178 valence electrons. The van der Waals surface area contributed by atoms with E-state index >= 15 is 0 Å². The van der Waals surface area contributed by atoms with E-state index in [1.54, 1.807) is 36.2 Å². The second-order valence-electron chi connectivity index (χ2n) is 7.84. The Bertz CT molecular complexity index is 1260. The van der Waals surface area contributed by atoms with Gasteiger partial charge in [-0.05, 0) is 31.6 Å². The normalized spacial score (nSPS) is 17.7. The van der Waals surface area contributed by atoms with Gasteiger partial charge in [-0.3, -0.25) is 18.9 Å². The molecular formula is C23H25N5O4S2. The molecule has 0 spiro atoms. The van der Waals surface area contributed by atoms with Gasteiger partial charge in [0, 0.05) is 38.9 Å². The Morgan fingerprint density at radius 2 is 2.00 bits per heavy atom. The fraction of sp³-hybridized carbons (Fsp3) is 0.348. The van der Waals surface area contributed by atoms with Crippen LogP contribution in [0.15, 0.2) is 40.7 Å². The highest BCUT2D eigenvalue weighted by Crippen LogP contribution is 2.33. The number of amides is 2. The number of ether oxygens (including phenoxy) is 1. The Morgan fingerprint density at radius 1 is 1.26 bits per heavy atom. The van der Waals surface area contributed by atoms with Crippen LogP contribution in [0.4, 0.5) is 10.6 Å². The molecule has 0 radical (unpaired) electrons. The molecule has 9 nitrogen and oxygen atoms in total. The summed E-state index contributed by atoms with van der Waals surface area (Å²) in [4.78, 5) is 48.8. The predicted molar refractivity (Wildman–Crippen MR) is 137 cm³/mol. The Labute approximate surface area is 206 Å². The second-order valence-corrected chi connectivity index (χ2v) is 9.52. The van der Waals surface area contributed by atoms with Gasteiger partial charge < -0.3 is 14.5 Å². The first-order valence-corrected chi connectivity index (χ1v) is 12.1. The molecule has 0 N–H and O–H groups in total. The number of carbonyl (C=O) groups excluding carboxylic acids is 2. The van der Waals surface area contributed by atoms with Crippen molar-refractivity contribution in [2.24, 2.45) is 0 Å². The smallest absolute Gasteiger partial charge is 0.409 e. The molecule has 2 aromatic rings. The van der Waals surface area contributed by atoms with Crippen LogP contribution in [0.25, 0.3) is 11.7 Å². The fourth-order valence-electron chi connectivity index (χ4n) is 3.85. The maximum atomic E-state index is 13.6. The van der Waals surface area contributed by atoms with Crippen LogP contribution < -0.4 is 10.5 Å². The van der Waals surface area contributed by atoms with Crippen molar-refractivity contribution >= 4 is 57.8 Å². The lowest BCUT2D eigenvalue weighted by molar-refractivity contribution is -0.121. The highest BCUT2D eigenvalue weighted by Gasteiger charge is 2.32. The van der Waals surface area contributed by atoms with Crippen LogP contribution in [0.5, 0.6) is 0 Å². The molecular weight excluding hydrogens is 474 g/mol. The summed E-state index contributed by atoms with van der Waals surface area (Å²) >= 11 is 6.50. The number of piperazine rings is 1. The SMILES string of the molecule is C=CCN1C(=O)/C(=C\c2c(N3CCN(C(=O)OCC)CC3)nc3ccc(C)cn3c2=O)SC1=S. The minimum absolute atomic E-state index is 0.262. The molecule has 0 unspecified atom stereocenters. The molecule has 0 bridgehead atoms. The minimum atomic E-state index is -0.352. The number of fused-ring (bicyclic) bond motifs is 1. The van der Waals surface area contributed by atoms with Crippen molar-refractivity contribution in [3.8, 4) is 0 Å². The Kier molecular flexibility index (Phi) is 7.03. The van der Waals surface area contributed by atoms with Gasteiger partial charge in [0.1, 0.15) is 15.8 Å². The fourth-order valence-corrected chi connectivity index (χ4v) is 5.10. The summed E-state index contributed by atoms with van der Waals surface area (Å²) in [6.07, 6.45) is 4.57. The molecule has 2 aromatic heterocycles. The number of thiocarbonyl (C=S) groups is 1. The zero-order valence-electron chi connectivity index (χ0n) is 19.0. The number of thioether (sulfide) groups is 1. The monoisotopic (exact) mass is 499 g/mol. The van der Waals surface area contributed by atoms with Crippen molar-refractivity contribution in [2.45, 2.75) is 13.8 Å². The third-order valence-electron chi connectivity index (χ3n) is 5.55. The van der Waals surface area contributed by atoms with Crippen LogP contribution in [-0.2, 0) is 9.53 Å². The number of hydrogen-bond acceptors (Lipinski definition) is 8. The summed E-state index contributed by atoms with van der Waals surface area (Å²) in [7, 11) is 0. The number of pyridine rings is 1. The van der Waals surface area contributed by atoms with Crippen LogP contribution in [-0.4, -0.2) is 74.8 Å². The van der Waals surface area contributed by atoms with Gasteiger partial charge in [-0.25, -0.2) is 9.78 Å². The third kappa shape index (κ3) is 4.58. The van der Waals surface area contributed by atoms with Crippen molar-refractivity contribution in [1.29, 1.82) is 0 Å². The van der Waals surface area contributed by atoms with E-state index in [1.165, 1.54) is 9.30 Å². The van der Waals surface area contributed by atoms with E-state index in [2.05, 4.69) is 6.58 Å². The molecule has 2 saturated heterocycles. The number of hydrogen-bond donors (Lipinski definition) is 0. The number of carbonyl (C=O) groups is 2. The summed E-state index contributed by atoms with van der Waals surface area (Å²) < 4.78 is 7.01. The molecule has 0 aliphatic carbocycles. The standard InChI is InChI=1S/C23H25N5O4S2/c1-4-8-27-21(30)17(34-23(27)33)13-16-19(24-18-7-6-15(3)14-28(18)20(16)29)25-9-11-26(12-10-25)22(31)32-5-2/h4,6-7,13-14H,1,5,8-12H2,2-3H3/b17-13+. The van der Waals surface area contributed by atoms with Gasteiger partial charge in [0.05, 0.1) is 17.1 Å². The molecule has 2 fully saturated rings. The maximum Gasteiger partial charge on any atom is 0.409 e. The predicted octanol–water partition coefficient (Wildman–Crippen LogP) is 2.67. The van der Waals surface area contributed by atoms with Crippen LogP contribution >= 0.6 is 24.0 Å². The molecule has 2 aliphatic heterocycles. The van der Waals surface area contributed by atoms with Gasteiger partial charge in [0.25, 0.3) is 11.5 Å². The summed E-state index contributed by atoms with van der Waals surface area (Å²) in [5, 5.41) is 0. The molecule has 0 aromatic carbocycles. The lowest BCUT2D eigenvalue weighted by Gasteiger charge is -2.35. The first-order valence-electron chi connectivity index (χ1n) is 10.9. The molecule has 4 heterocycles. The molecule has 11 heteroatoms. The summed E-state index contributed by atoms with van der Waals surface area (Å²) in [5.41, 5.74) is 1.46. The molecule has 0 saturated carbocycles. The number of nitrogens with zero attached hydrogens (tertiary/aromatic N) is 5. The van der Waals surface area contributed by atoms with Crippen LogP contribution in [0.3, 0.4) is 0 Å². The van der Waals surface area contributed by atoms with Crippen molar-refractivity contribution in [1.82, 2.24) is 19.2 Å². The van der Waals surface area contributed by atoms with Crippen LogP contribution in [0, 0.1) is 6.92 Å². The quantitative estimate of drug-likeness (QED) is 0.353. The minimum Gasteiger partial charge on any atom is -0.450 e. The lowest BCUT2D eigenvalue weighted by Crippen LogP contribution is -2.49. The van der Waals surface area contributed by atoms with Crippen LogP contribution in [0.2, 0.25) is 0 Å². The van der Waals surface area contributed by atoms with E-state index in [0.29, 0.717) is 65.6 Å². The van der Waals surface area contributed by atoms with E-state index in [-0.39, 0.29) is 17.6 Å². The zero-order chi connectivity index (χ0) is 24.4. The topological polar surface area (TPSA) is 87.5 Å². The van der Waals surface area contributed by atoms with Gasteiger partial charge >= 0.3 is 6.09 Å². The highest BCUT2D eigenvalue weighted by atomic mass is 32.2. The molecule has 2 aliphatic rings. The lowest BCUT2D eigenvalue weighted by atomic mass is 10.2. The second kappa shape index (κ2) is 9.98. The molecule has 2 amide bonds. The third-order valence-corrected chi connectivity index (χ3v) is 6.93. The summed E-state index contributed by atoms with van der Waals surface area (Å²) in [6, 6.07) is 3.69. The van der Waals surface area contributed by atoms with Crippen molar-refractivity contribution < 1.29 is 14.3 Å². The van der Waals surface area contributed by atoms with Gasteiger partial charge in [-0.2, -0.15) is 0 Å². The van der Waals surface area contributed by atoms with E-state index in [0.717, 1.165) is 17.3 Å². The van der Waals surface area contributed by atoms with E-state index in [9.17, 15) is 14.4 Å². The largest absolute Gasteiger partial charge is 0.450 e.